The van der Waals surface area contributed by atoms with E-state index in [4.69, 9.17) is 32.6 Å². The highest BCUT2D eigenvalue weighted by Crippen LogP contribution is 2.31. The number of aliphatic hydroxyl groups is 1. The van der Waals surface area contributed by atoms with Crippen LogP contribution in [0.4, 0.5) is 8.78 Å². The molecule has 2 aromatic heterocycles. The first-order valence-corrected chi connectivity index (χ1v) is 14.9. The van der Waals surface area contributed by atoms with Crippen molar-refractivity contribution < 1.29 is 18.6 Å². The van der Waals surface area contributed by atoms with Crippen molar-refractivity contribution in [2.45, 2.75) is 43.8 Å². The first-order valence-electron chi connectivity index (χ1n) is 14.5. The molecule has 0 bridgehead atoms. The number of rotatable bonds is 12. The SMILES string of the molecule is N=C(CF)NCC[C@@H]1COC[C@@H](c2ccc(-n3cc4cc(-c5cc(CCC[C@@H](N)CO)cc(Cl)c5F)[nH]c4nc3=O)cc2)N1. The predicted octanol–water partition coefficient (Wildman–Crippen LogP) is 3.77. The Labute approximate surface area is 258 Å². The molecule has 3 atom stereocenters. The van der Waals surface area contributed by atoms with Gasteiger partial charge < -0.3 is 31.2 Å². The lowest BCUT2D eigenvalue weighted by Crippen LogP contribution is -2.45. The zero-order chi connectivity index (χ0) is 31.2. The average molecular weight is 628 g/mol. The Bertz CT molecular complexity index is 1660. The van der Waals surface area contributed by atoms with E-state index in [0.29, 0.717) is 67.9 Å². The zero-order valence-corrected chi connectivity index (χ0v) is 24.8. The normalized spacial score (nSPS) is 17.6. The van der Waals surface area contributed by atoms with Crippen molar-refractivity contribution in [3.05, 3.63) is 81.1 Å². The Morgan fingerprint density at radius 3 is 2.82 bits per heavy atom. The third kappa shape index (κ3) is 7.51. The van der Waals surface area contributed by atoms with Crippen molar-refractivity contribution >= 4 is 28.5 Å². The summed E-state index contributed by atoms with van der Waals surface area (Å²) >= 11 is 6.22. The van der Waals surface area contributed by atoms with Gasteiger partial charge in [-0.25, -0.2) is 13.6 Å². The molecule has 7 N–H and O–H groups in total. The molecular formula is C31H36ClF2N7O3. The topological polar surface area (TPSA) is 154 Å². The lowest BCUT2D eigenvalue weighted by molar-refractivity contribution is 0.0431. The van der Waals surface area contributed by atoms with E-state index in [9.17, 15) is 9.18 Å². The van der Waals surface area contributed by atoms with Gasteiger partial charge in [-0.3, -0.25) is 9.98 Å². The fourth-order valence-corrected chi connectivity index (χ4v) is 5.59. The number of nitrogens with zero attached hydrogens (tertiary/aromatic N) is 2. The second-order valence-electron chi connectivity index (χ2n) is 11.0. The number of H-pyrrole nitrogens is 1. The van der Waals surface area contributed by atoms with Crippen LogP contribution in [0.1, 0.15) is 36.4 Å². The van der Waals surface area contributed by atoms with Crippen molar-refractivity contribution in [1.29, 1.82) is 5.41 Å². The third-order valence-corrected chi connectivity index (χ3v) is 8.02. The van der Waals surface area contributed by atoms with Gasteiger partial charge in [-0.15, -0.1) is 0 Å². The number of hydrogen-bond donors (Lipinski definition) is 6. The van der Waals surface area contributed by atoms with E-state index in [2.05, 4.69) is 20.6 Å². The second kappa shape index (κ2) is 14.4. The van der Waals surface area contributed by atoms with Crippen LogP contribution in [0, 0.1) is 11.2 Å². The quantitative estimate of drug-likeness (QED) is 0.103. The average Bonchev–Trinajstić information content (AvgIpc) is 3.44. The summed E-state index contributed by atoms with van der Waals surface area (Å²) in [5.41, 5.74) is 8.80. The molecule has 0 spiro atoms. The van der Waals surface area contributed by atoms with E-state index in [1.165, 1.54) is 4.57 Å². The van der Waals surface area contributed by atoms with Crippen LogP contribution in [-0.4, -0.2) is 70.6 Å². The van der Waals surface area contributed by atoms with Crippen molar-refractivity contribution in [3.63, 3.8) is 0 Å². The molecule has 5 rings (SSSR count). The van der Waals surface area contributed by atoms with E-state index < -0.39 is 18.2 Å². The van der Waals surface area contributed by atoms with Gasteiger partial charge >= 0.3 is 5.69 Å². The number of nitrogens with one attached hydrogen (secondary N) is 4. The fraction of sp³-hybridized carbons (Fsp3) is 0.387. The Morgan fingerprint density at radius 1 is 1.27 bits per heavy atom. The summed E-state index contributed by atoms with van der Waals surface area (Å²) in [4.78, 5) is 20.2. The number of nitrogens with two attached hydrogens (primary N) is 1. The van der Waals surface area contributed by atoms with Crippen molar-refractivity contribution in [1.82, 2.24) is 25.2 Å². The summed E-state index contributed by atoms with van der Waals surface area (Å²) in [6.45, 7) is 0.582. The van der Waals surface area contributed by atoms with Crippen LogP contribution in [0.3, 0.4) is 0 Å². The molecule has 44 heavy (non-hydrogen) atoms. The molecule has 234 valence electrons. The number of halogens is 3. The van der Waals surface area contributed by atoms with Crippen LogP contribution in [0.15, 0.2) is 53.5 Å². The minimum absolute atomic E-state index is 0.00613. The van der Waals surface area contributed by atoms with E-state index in [0.717, 1.165) is 11.1 Å². The lowest BCUT2D eigenvalue weighted by Gasteiger charge is -2.31. The molecule has 0 unspecified atom stereocenters. The molecule has 1 fully saturated rings. The van der Waals surface area contributed by atoms with Crippen LogP contribution >= 0.6 is 11.6 Å². The Kier molecular flexibility index (Phi) is 10.4. The zero-order valence-electron chi connectivity index (χ0n) is 24.1. The molecule has 10 nitrogen and oxygen atoms in total. The molecule has 1 aliphatic heterocycles. The number of alkyl halides is 1. The second-order valence-corrected chi connectivity index (χ2v) is 11.4. The molecule has 13 heteroatoms. The maximum absolute atomic E-state index is 15.1. The number of morpholine rings is 1. The Hall–Kier alpha value is -3.68. The fourth-order valence-electron chi connectivity index (χ4n) is 5.35. The summed E-state index contributed by atoms with van der Waals surface area (Å²) in [5, 5.41) is 23.4. The third-order valence-electron chi connectivity index (χ3n) is 7.74. The van der Waals surface area contributed by atoms with Crippen molar-refractivity contribution in [2.75, 3.05) is 33.0 Å². The standard InChI is InChI=1S/C31H36ClF2N7O3/c32-25-11-18(2-1-3-21(35)15-42)10-24(29(25)34)26-12-20-14-41(31(43)40-30(20)39-26)23-6-4-19(5-7-23)27-17-44-16-22(38-27)8-9-37-28(36)13-33/h4-7,10-12,14,21-22,27,38,42H,1-3,8-9,13,15-17,35H2,(H2,36,37)(H,39,40,43)/t21-,22-,27+/m1/s1. The van der Waals surface area contributed by atoms with E-state index in [-0.39, 0.29) is 41.2 Å². The molecule has 1 aliphatic rings. The number of aliphatic hydroxyl groups excluding tert-OH is 1. The molecule has 0 aliphatic carbocycles. The van der Waals surface area contributed by atoms with Crippen molar-refractivity contribution in [3.8, 4) is 16.9 Å². The predicted molar refractivity (Wildman–Crippen MR) is 167 cm³/mol. The van der Waals surface area contributed by atoms with Gasteiger partial charge in [0.15, 0.2) is 5.82 Å². The number of aryl methyl sites for hydroxylation is 1. The number of aromatic nitrogens is 3. The number of benzene rings is 2. The molecule has 2 aromatic carbocycles. The largest absolute Gasteiger partial charge is 0.395 e. The minimum Gasteiger partial charge on any atom is -0.395 e. The Morgan fingerprint density at radius 2 is 2.07 bits per heavy atom. The highest BCUT2D eigenvalue weighted by atomic mass is 35.5. The highest BCUT2D eigenvalue weighted by molar-refractivity contribution is 6.31. The number of hydrogen-bond acceptors (Lipinski definition) is 7. The molecule has 0 amide bonds. The smallest absolute Gasteiger partial charge is 0.354 e. The van der Waals surface area contributed by atoms with Crippen LogP contribution in [0.25, 0.3) is 28.0 Å². The van der Waals surface area contributed by atoms with Crippen LogP contribution in [0.2, 0.25) is 5.02 Å². The van der Waals surface area contributed by atoms with Gasteiger partial charge in [-0.05, 0) is 67.1 Å². The maximum atomic E-state index is 15.1. The summed E-state index contributed by atoms with van der Waals surface area (Å²) in [7, 11) is 0. The molecule has 3 heterocycles. The first kappa shape index (κ1) is 31.7. The summed E-state index contributed by atoms with van der Waals surface area (Å²) < 4.78 is 34.8. The van der Waals surface area contributed by atoms with Gasteiger partial charge in [0.1, 0.15) is 18.2 Å². The van der Waals surface area contributed by atoms with E-state index >= 15 is 4.39 Å². The molecule has 0 saturated carbocycles. The van der Waals surface area contributed by atoms with Crippen molar-refractivity contribution in [2.24, 2.45) is 5.73 Å². The minimum atomic E-state index is -0.814. The number of ether oxygens (including phenoxy) is 1. The van der Waals surface area contributed by atoms with Crippen LogP contribution < -0.4 is 22.1 Å². The molecule has 1 saturated heterocycles. The van der Waals surface area contributed by atoms with E-state index in [1.54, 1.807) is 24.4 Å². The van der Waals surface area contributed by atoms with Gasteiger partial charge in [0.05, 0.1) is 42.3 Å². The summed E-state index contributed by atoms with van der Waals surface area (Å²) in [6, 6.07) is 12.2. The van der Waals surface area contributed by atoms with Gasteiger partial charge in [-0.1, -0.05) is 23.7 Å². The van der Waals surface area contributed by atoms with Gasteiger partial charge in [0.25, 0.3) is 0 Å². The molecule has 4 aromatic rings. The maximum Gasteiger partial charge on any atom is 0.354 e. The van der Waals surface area contributed by atoms with E-state index in [1.807, 2.05) is 24.3 Å². The number of fused-ring (bicyclic) bond motifs is 1. The number of aromatic amines is 1. The van der Waals surface area contributed by atoms with Gasteiger partial charge in [0, 0.05) is 35.8 Å². The Balaban J connectivity index is 1.32. The van der Waals surface area contributed by atoms with Crippen LogP contribution in [-0.2, 0) is 11.2 Å². The monoisotopic (exact) mass is 627 g/mol. The lowest BCUT2D eigenvalue weighted by atomic mass is 10.0. The first-order chi connectivity index (χ1) is 21.2. The summed E-state index contributed by atoms with van der Waals surface area (Å²) in [5.74, 6) is -0.705. The number of amidine groups is 1. The van der Waals surface area contributed by atoms with Gasteiger partial charge in [-0.2, -0.15) is 4.98 Å². The van der Waals surface area contributed by atoms with Gasteiger partial charge in [0.2, 0.25) is 0 Å². The molecular weight excluding hydrogens is 592 g/mol. The summed E-state index contributed by atoms with van der Waals surface area (Å²) in [6.07, 6.45) is 4.30. The van der Waals surface area contributed by atoms with Crippen LogP contribution in [0.5, 0.6) is 0 Å². The highest BCUT2D eigenvalue weighted by Gasteiger charge is 2.23. The molecule has 0 radical (unpaired) electrons.